The number of nitrogens with zero attached hydrogens (tertiary/aromatic N) is 4. The van der Waals surface area contributed by atoms with Crippen LogP contribution in [0.1, 0.15) is 23.1 Å². The first-order valence-electron chi connectivity index (χ1n) is 9.20. The Bertz CT molecular complexity index is 1120. The van der Waals surface area contributed by atoms with E-state index in [0.717, 1.165) is 10.2 Å². The topological polar surface area (TPSA) is 120 Å². The van der Waals surface area contributed by atoms with Crippen molar-refractivity contribution in [2.45, 2.75) is 18.5 Å². The molecule has 3 aromatic rings. The molecular weight excluding hydrogens is 486 g/mol. The SMILES string of the molecule is CC(=O)NCCc1nnc(SCC(=O)c2cccc([N+](=O)[O-])c2)n1-c1ccc(Br)cc1. The van der Waals surface area contributed by atoms with Gasteiger partial charge in [0.25, 0.3) is 5.69 Å². The van der Waals surface area contributed by atoms with Crippen molar-refractivity contribution in [3.8, 4) is 5.69 Å². The van der Waals surface area contributed by atoms with Crippen LogP contribution in [0.15, 0.2) is 58.2 Å². The number of non-ortho nitro benzene ring substituents is 1. The number of nitro benzene ring substituents is 1. The summed E-state index contributed by atoms with van der Waals surface area (Å²) in [7, 11) is 0. The van der Waals surface area contributed by atoms with E-state index < -0.39 is 4.92 Å². The Balaban J connectivity index is 1.81. The number of nitrogens with one attached hydrogen (secondary N) is 1. The molecule has 0 saturated carbocycles. The quantitative estimate of drug-likeness (QED) is 0.205. The monoisotopic (exact) mass is 503 g/mol. The molecule has 160 valence electrons. The van der Waals surface area contributed by atoms with Crippen molar-refractivity contribution in [1.82, 2.24) is 20.1 Å². The normalized spacial score (nSPS) is 10.6. The number of rotatable bonds is 9. The van der Waals surface area contributed by atoms with Crippen molar-refractivity contribution < 1.29 is 14.5 Å². The fourth-order valence-electron chi connectivity index (χ4n) is 2.76. The number of halogens is 1. The van der Waals surface area contributed by atoms with Crippen molar-refractivity contribution in [3.63, 3.8) is 0 Å². The maximum absolute atomic E-state index is 12.6. The predicted octanol–water partition coefficient (Wildman–Crippen LogP) is 3.59. The summed E-state index contributed by atoms with van der Waals surface area (Å²) < 4.78 is 2.75. The highest BCUT2D eigenvalue weighted by molar-refractivity contribution is 9.10. The van der Waals surface area contributed by atoms with Gasteiger partial charge in [0, 0.05) is 47.7 Å². The number of nitro groups is 1. The summed E-state index contributed by atoms with van der Waals surface area (Å²) >= 11 is 4.60. The van der Waals surface area contributed by atoms with Crippen LogP contribution in [0.2, 0.25) is 0 Å². The molecule has 1 aromatic heterocycles. The Morgan fingerprint density at radius 2 is 1.94 bits per heavy atom. The first kappa shape index (κ1) is 22.6. The van der Waals surface area contributed by atoms with Crippen molar-refractivity contribution in [2.75, 3.05) is 12.3 Å². The highest BCUT2D eigenvalue weighted by Gasteiger charge is 2.17. The number of amides is 1. The number of ketones is 1. The molecule has 1 N–H and O–H groups in total. The maximum Gasteiger partial charge on any atom is 0.270 e. The fraction of sp³-hybridized carbons (Fsp3) is 0.200. The van der Waals surface area contributed by atoms with Crippen molar-refractivity contribution in [1.29, 1.82) is 0 Å². The largest absolute Gasteiger partial charge is 0.356 e. The number of hydrogen-bond acceptors (Lipinski definition) is 7. The number of carbonyl (C=O) groups is 2. The second kappa shape index (κ2) is 10.3. The van der Waals surface area contributed by atoms with Crippen LogP contribution in [-0.4, -0.2) is 43.7 Å². The van der Waals surface area contributed by atoms with E-state index in [4.69, 9.17) is 0 Å². The Kier molecular flexibility index (Phi) is 7.53. The summed E-state index contributed by atoms with van der Waals surface area (Å²) in [5.41, 5.74) is 0.952. The standard InChI is InChI=1S/C20H18BrN5O4S/c1-13(27)22-10-9-19-23-24-20(25(19)16-7-5-15(21)6-8-16)31-12-18(28)14-3-2-4-17(11-14)26(29)30/h2-8,11H,9-10,12H2,1H3,(H,22,27). The third kappa shape index (κ3) is 5.98. The van der Waals surface area contributed by atoms with Gasteiger partial charge in [0.05, 0.1) is 10.7 Å². The molecule has 9 nitrogen and oxygen atoms in total. The second-order valence-corrected chi connectivity index (χ2v) is 8.32. The molecule has 0 unspecified atom stereocenters. The van der Waals surface area contributed by atoms with Crippen LogP contribution in [0.4, 0.5) is 5.69 Å². The molecule has 0 saturated heterocycles. The second-order valence-electron chi connectivity index (χ2n) is 6.46. The fourth-order valence-corrected chi connectivity index (χ4v) is 3.89. The molecular formula is C20H18BrN5O4S. The van der Waals surface area contributed by atoms with Crippen LogP contribution < -0.4 is 5.32 Å². The van der Waals surface area contributed by atoms with Crippen LogP contribution in [0.25, 0.3) is 5.69 Å². The van der Waals surface area contributed by atoms with Crippen molar-refractivity contribution in [2.24, 2.45) is 0 Å². The van der Waals surface area contributed by atoms with Crippen LogP contribution in [0.5, 0.6) is 0 Å². The van der Waals surface area contributed by atoms with E-state index >= 15 is 0 Å². The lowest BCUT2D eigenvalue weighted by Crippen LogP contribution is -2.23. The minimum atomic E-state index is -0.532. The molecule has 0 aliphatic carbocycles. The highest BCUT2D eigenvalue weighted by atomic mass is 79.9. The van der Waals surface area contributed by atoms with Gasteiger partial charge < -0.3 is 5.32 Å². The molecule has 2 aromatic carbocycles. The molecule has 0 aliphatic heterocycles. The number of hydrogen-bond donors (Lipinski definition) is 1. The van der Waals surface area contributed by atoms with E-state index in [2.05, 4.69) is 31.4 Å². The summed E-state index contributed by atoms with van der Waals surface area (Å²) in [6, 6.07) is 13.2. The summed E-state index contributed by atoms with van der Waals surface area (Å²) in [6.07, 6.45) is 0.460. The van der Waals surface area contributed by atoms with Gasteiger partial charge in [0.15, 0.2) is 10.9 Å². The van der Waals surface area contributed by atoms with Gasteiger partial charge in [-0.05, 0) is 24.3 Å². The molecule has 0 radical (unpaired) electrons. The molecule has 0 fully saturated rings. The highest BCUT2D eigenvalue weighted by Crippen LogP contribution is 2.25. The zero-order valence-corrected chi connectivity index (χ0v) is 18.9. The van der Waals surface area contributed by atoms with Crippen molar-refractivity contribution in [3.05, 3.63) is 74.5 Å². The zero-order chi connectivity index (χ0) is 22.4. The van der Waals surface area contributed by atoms with Crippen LogP contribution in [0, 0.1) is 10.1 Å². The summed E-state index contributed by atoms with van der Waals surface area (Å²) in [5.74, 6) is 0.300. The minimum absolute atomic E-state index is 0.0432. The summed E-state index contributed by atoms with van der Waals surface area (Å²) in [5, 5.41) is 22.6. The Hall–Kier alpha value is -3.05. The molecule has 1 amide bonds. The zero-order valence-electron chi connectivity index (χ0n) is 16.4. The van der Waals surface area contributed by atoms with E-state index in [1.165, 1.54) is 36.9 Å². The number of carbonyl (C=O) groups excluding carboxylic acids is 2. The molecule has 0 atom stereocenters. The van der Waals surface area contributed by atoms with Gasteiger partial charge in [-0.25, -0.2) is 0 Å². The van der Waals surface area contributed by atoms with E-state index in [-0.39, 0.29) is 28.7 Å². The summed E-state index contributed by atoms with van der Waals surface area (Å²) in [4.78, 5) is 34.2. The summed E-state index contributed by atoms with van der Waals surface area (Å²) in [6.45, 7) is 1.85. The number of Topliss-reactive ketones (excluding diaryl/α,β-unsaturated/α-hetero) is 1. The third-order valence-corrected chi connectivity index (χ3v) is 5.68. The Labute approximate surface area is 190 Å². The lowest BCUT2D eigenvalue weighted by Gasteiger charge is -2.10. The number of benzene rings is 2. The van der Waals surface area contributed by atoms with Gasteiger partial charge in [-0.1, -0.05) is 39.8 Å². The lowest BCUT2D eigenvalue weighted by molar-refractivity contribution is -0.384. The molecule has 31 heavy (non-hydrogen) atoms. The Morgan fingerprint density at radius 3 is 2.61 bits per heavy atom. The van der Waals surface area contributed by atoms with Crippen molar-refractivity contribution >= 4 is 45.1 Å². The third-order valence-electron chi connectivity index (χ3n) is 4.22. The van der Waals surface area contributed by atoms with Gasteiger partial charge in [0.1, 0.15) is 5.82 Å². The van der Waals surface area contributed by atoms with Crippen LogP contribution in [0.3, 0.4) is 0 Å². The van der Waals surface area contributed by atoms with E-state index in [1.807, 2.05) is 28.8 Å². The molecule has 0 spiro atoms. The Morgan fingerprint density at radius 1 is 1.19 bits per heavy atom. The first-order valence-corrected chi connectivity index (χ1v) is 11.0. The predicted molar refractivity (Wildman–Crippen MR) is 120 cm³/mol. The average Bonchev–Trinajstić information content (AvgIpc) is 3.15. The van der Waals surface area contributed by atoms with E-state index in [1.54, 1.807) is 6.07 Å². The first-order chi connectivity index (χ1) is 14.8. The molecule has 11 heteroatoms. The van der Waals surface area contributed by atoms with Gasteiger partial charge >= 0.3 is 0 Å². The average molecular weight is 504 g/mol. The maximum atomic E-state index is 12.6. The lowest BCUT2D eigenvalue weighted by atomic mass is 10.1. The van der Waals surface area contributed by atoms with Crippen LogP contribution >= 0.6 is 27.7 Å². The van der Waals surface area contributed by atoms with Gasteiger partial charge in [0.2, 0.25) is 5.91 Å². The smallest absolute Gasteiger partial charge is 0.270 e. The number of thioether (sulfide) groups is 1. The minimum Gasteiger partial charge on any atom is -0.356 e. The van der Waals surface area contributed by atoms with Crippen LogP contribution in [-0.2, 0) is 11.2 Å². The van der Waals surface area contributed by atoms with Gasteiger partial charge in [-0.15, -0.1) is 10.2 Å². The van der Waals surface area contributed by atoms with Gasteiger partial charge in [-0.3, -0.25) is 24.3 Å². The molecule has 0 aliphatic rings. The molecule has 1 heterocycles. The van der Waals surface area contributed by atoms with Gasteiger partial charge in [-0.2, -0.15) is 0 Å². The van der Waals surface area contributed by atoms with E-state index in [0.29, 0.717) is 23.9 Å². The molecule has 0 bridgehead atoms. The van der Waals surface area contributed by atoms with E-state index in [9.17, 15) is 19.7 Å². The number of aromatic nitrogens is 3. The molecule has 3 rings (SSSR count).